The van der Waals surface area contributed by atoms with E-state index in [-0.39, 0.29) is 11.7 Å². The number of benzene rings is 2. The molecule has 1 fully saturated rings. The second-order valence-electron chi connectivity index (χ2n) is 6.89. The molecule has 2 aromatic carbocycles. The molecule has 0 N–H and O–H groups in total. The summed E-state index contributed by atoms with van der Waals surface area (Å²) < 4.78 is 18.8. The first-order chi connectivity index (χ1) is 14.6. The smallest absolute Gasteiger partial charge is 0.253 e. The fraction of sp³-hybridized carbons (Fsp3) is 0.227. The first-order valence-corrected chi connectivity index (χ1v) is 10.0. The lowest BCUT2D eigenvalue weighted by molar-refractivity contribution is 0.0767. The van der Waals surface area contributed by atoms with E-state index in [9.17, 15) is 9.18 Å². The molecule has 0 atom stereocenters. The summed E-state index contributed by atoms with van der Waals surface area (Å²) in [4.78, 5) is 25.5. The monoisotopic (exact) mass is 426 g/mol. The van der Waals surface area contributed by atoms with E-state index in [1.807, 2.05) is 9.80 Å². The zero-order chi connectivity index (χ0) is 20.9. The van der Waals surface area contributed by atoms with E-state index in [4.69, 9.17) is 16.3 Å². The van der Waals surface area contributed by atoms with Crippen LogP contribution in [0.15, 0.2) is 60.8 Å². The number of ether oxygens (including phenoxy) is 1. The molecule has 0 saturated carbocycles. The molecule has 154 valence electrons. The number of nitrogens with zero attached hydrogens (tertiary/aromatic N) is 4. The van der Waals surface area contributed by atoms with Crippen LogP contribution in [0.25, 0.3) is 0 Å². The largest absolute Gasteiger partial charge is 0.439 e. The standard InChI is InChI=1S/C22H20ClFN4O2/c23-17-4-1-3-16(15-17)21(29)27-11-2-12-28(14-13-27)22-25-10-9-20(26-22)30-19-7-5-18(24)6-8-19/h1,3-10,15H,2,11-14H2. The number of aromatic nitrogens is 2. The maximum Gasteiger partial charge on any atom is 0.253 e. The Morgan fingerprint density at radius 2 is 1.87 bits per heavy atom. The molecule has 2 heterocycles. The van der Waals surface area contributed by atoms with Gasteiger partial charge in [0.15, 0.2) is 0 Å². The zero-order valence-electron chi connectivity index (χ0n) is 16.2. The molecule has 1 saturated heterocycles. The first kappa shape index (κ1) is 20.1. The van der Waals surface area contributed by atoms with Crippen LogP contribution in [0.1, 0.15) is 16.8 Å². The second-order valence-corrected chi connectivity index (χ2v) is 7.33. The number of halogens is 2. The van der Waals surface area contributed by atoms with E-state index in [2.05, 4.69) is 9.97 Å². The third-order valence-electron chi connectivity index (χ3n) is 4.79. The topological polar surface area (TPSA) is 58.6 Å². The van der Waals surface area contributed by atoms with Crippen molar-refractivity contribution in [3.8, 4) is 11.6 Å². The number of carbonyl (C=O) groups is 1. The fourth-order valence-corrected chi connectivity index (χ4v) is 3.48. The maximum absolute atomic E-state index is 13.1. The van der Waals surface area contributed by atoms with Crippen molar-refractivity contribution < 1.29 is 13.9 Å². The second kappa shape index (κ2) is 9.09. The van der Waals surface area contributed by atoms with Crippen LogP contribution >= 0.6 is 11.6 Å². The van der Waals surface area contributed by atoms with Gasteiger partial charge in [-0.2, -0.15) is 4.98 Å². The quantitative estimate of drug-likeness (QED) is 0.618. The molecule has 0 bridgehead atoms. The number of rotatable bonds is 4. The van der Waals surface area contributed by atoms with Crippen LogP contribution in [-0.2, 0) is 0 Å². The van der Waals surface area contributed by atoms with Gasteiger partial charge in [0, 0.05) is 49.0 Å². The van der Waals surface area contributed by atoms with E-state index in [0.717, 1.165) is 13.0 Å². The molecule has 1 aliphatic rings. The van der Waals surface area contributed by atoms with Crippen molar-refractivity contribution in [2.45, 2.75) is 6.42 Å². The van der Waals surface area contributed by atoms with Crippen molar-refractivity contribution in [2.24, 2.45) is 0 Å². The molecule has 6 nitrogen and oxygen atoms in total. The predicted molar refractivity (Wildman–Crippen MR) is 113 cm³/mol. The lowest BCUT2D eigenvalue weighted by atomic mass is 10.2. The third-order valence-corrected chi connectivity index (χ3v) is 5.03. The number of hydrogen-bond donors (Lipinski definition) is 0. The van der Waals surface area contributed by atoms with Gasteiger partial charge in [-0.15, -0.1) is 0 Å². The molecule has 3 aromatic rings. The summed E-state index contributed by atoms with van der Waals surface area (Å²) in [5, 5.41) is 0.545. The van der Waals surface area contributed by atoms with E-state index in [0.29, 0.717) is 47.8 Å². The summed E-state index contributed by atoms with van der Waals surface area (Å²) in [5.41, 5.74) is 0.585. The number of anilines is 1. The van der Waals surface area contributed by atoms with Crippen molar-refractivity contribution in [3.63, 3.8) is 0 Å². The van der Waals surface area contributed by atoms with Gasteiger partial charge < -0.3 is 14.5 Å². The Balaban J connectivity index is 1.43. The summed E-state index contributed by atoms with van der Waals surface area (Å²) in [7, 11) is 0. The normalized spacial score (nSPS) is 14.3. The summed E-state index contributed by atoms with van der Waals surface area (Å²) in [6.07, 6.45) is 2.42. The predicted octanol–water partition coefficient (Wildman–Crippen LogP) is 4.41. The summed E-state index contributed by atoms with van der Waals surface area (Å²) in [6, 6.07) is 14.4. The lowest BCUT2D eigenvalue weighted by Gasteiger charge is -2.22. The fourth-order valence-electron chi connectivity index (χ4n) is 3.29. The van der Waals surface area contributed by atoms with Gasteiger partial charge >= 0.3 is 0 Å². The van der Waals surface area contributed by atoms with E-state index < -0.39 is 0 Å². The molecule has 0 radical (unpaired) electrons. The van der Waals surface area contributed by atoms with Crippen LogP contribution in [0.2, 0.25) is 5.02 Å². The minimum Gasteiger partial charge on any atom is -0.439 e. The first-order valence-electron chi connectivity index (χ1n) is 9.65. The Hall–Kier alpha value is -3.19. The molecule has 0 spiro atoms. The minimum absolute atomic E-state index is 0.0336. The Bertz CT molecular complexity index is 1030. The Kier molecular flexibility index (Phi) is 6.09. The van der Waals surface area contributed by atoms with E-state index in [1.54, 1.807) is 48.7 Å². The van der Waals surface area contributed by atoms with Crippen LogP contribution < -0.4 is 9.64 Å². The molecule has 4 rings (SSSR count). The van der Waals surface area contributed by atoms with Gasteiger partial charge in [-0.05, 0) is 48.9 Å². The van der Waals surface area contributed by atoms with Gasteiger partial charge in [-0.1, -0.05) is 17.7 Å². The van der Waals surface area contributed by atoms with Crippen molar-refractivity contribution in [1.29, 1.82) is 0 Å². The third kappa shape index (κ3) is 4.86. The van der Waals surface area contributed by atoms with Crippen molar-refractivity contribution in [2.75, 3.05) is 31.1 Å². The summed E-state index contributed by atoms with van der Waals surface area (Å²) in [6.45, 7) is 2.52. The molecule has 0 aliphatic carbocycles. The lowest BCUT2D eigenvalue weighted by Crippen LogP contribution is -2.35. The Morgan fingerprint density at radius 1 is 1.03 bits per heavy atom. The van der Waals surface area contributed by atoms with Crippen molar-refractivity contribution >= 4 is 23.5 Å². The van der Waals surface area contributed by atoms with Gasteiger partial charge in [0.2, 0.25) is 11.8 Å². The van der Waals surface area contributed by atoms with Crippen LogP contribution in [0, 0.1) is 5.82 Å². The highest BCUT2D eigenvalue weighted by molar-refractivity contribution is 6.30. The molecular formula is C22H20ClFN4O2. The zero-order valence-corrected chi connectivity index (χ0v) is 16.9. The van der Waals surface area contributed by atoms with Crippen LogP contribution in [0.4, 0.5) is 10.3 Å². The van der Waals surface area contributed by atoms with Gasteiger partial charge in [0.1, 0.15) is 11.6 Å². The highest BCUT2D eigenvalue weighted by Gasteiger charge is 2.22. The molecule has 1 amide bonds. The number of carbonyl (C=O) groups excluding carboxylic acids is 1. The molecule has 1 aliphatic heterocycles. The van der Waals surface area contributed by atoms with Crippen molar-refractivity contribution in [3.05, 3.63) is 77.2 Å². The number of amides is 1. The van der Waals surface area contributed by atoms with E-state index >= 15 is 0 Å². The van der Waals surface area contributed by atoms with Gasteiger partial charge in [-0.25, -0.2) is 9.37 Å². The van der Waals surface area contributed by atoms with Crippen LogP contribution in [0.5, 0.6) is 11.6 Å². The molecular weight excluding hydrogens is 407 g/mol. The molecule has 8 heteroatoms. The summed E-state index contributed by atoms with van der Waals surface area (Å²) in [5.74, 6) is 1.05. The highest BCUT2D eigenvalue weighted by Crippen LogP contribution is 2.22. The Morgan fingerprint density at radius 3 is 2.67 bits per heavy atom. The Labute approximate surface area is 178 Å². The van der Waals surface area contributed by atoms with E-state index in [1.165, 1.54) is 12.1 Å². The van der Waals surface area contributed by atoms with Gasteiger partial charge in [-0.3, -0.25) is 4.79 Å². The minimum atomic E-state index is -0.327. The average molecular weight is 427 g/mol. The molecule has 1 aromatic heterocycles. The highest BCUT2D eigenvalue weighted by atomic mass is 35.5. The van der Waals surface area contributed by atoms with Crippen LogP contribution in [0.3, 0.4) is 0 Å². The van der Waals surface area contributed by atoms with Crippen molar-refractivity contribution in [1.82, 2.24) is 14.9 Å². The van der Waals surface area contributed by atoms with Gasteiger partial charge in [0.25, 0.3) is 5.91 Å². The van der Waals surface area contributed by atoms with Crippen LogP contribution in [-0.4, -0.2) is 47.0 Å². The SMILES string of the molecule is O=C(c1cccc(Cl)c1)N1CCCN(c2nccc(Oc3ccc(F)cc3)n2)CC1. The molecule has 0 unspecified atom stereocenters. The molecule has 30 heavy (non-hydrogen) atoms. The maximum atomic E-state index is 13.1. The number of hydrogen-bond acceptors (Lipinski definition) is 5. The summed E-state index contributed by atoms with van der Waals surface area (Å²) >= 11 is 6.02. The average Bonchev–Trinajstić information content (AvgIpc) is 3.01. The van der Waals surface area contributed by atoms with Gasteiger partial charge in [0.05, 0.1) is 0 Å².